The maximum atomic E-state index is 11.9. The molecule has 0 saturated carbocycles. The molecule has 1 saturated heterocycles. The van der Waals surface area contributed by atoms with Crippen LogP contribution in [0, 0.1) is 0 Å². The lowest BCUT2D eigenvalue weighted by molar-refractivity contribution is -0.123. The quantitative estimate of drug-likeness (QED) is 0.811. The predicted molar refractivity (Wildman–Crippen MR) is 69.2 cm³/mol. The van der Waals surface area contributed by atoms with E-state index in [0.717, 1.165) is 25.1 Å². The van der Waals surface area contributed by atoms with Crippen molar-refractivity contribution in [3.8, 4) is 0 Å². The van der Waals surface area contributed by atoms with Crippen molar-refractivity contribution in [2.75, 3.05) is 27.2 Å². The molecule has 1 aromatic rings. The normalized spacial score (nSPS) is 21.2. The fourth-order valence-electron chi connectivity index (χ4n) is 2.25. The molecule has 1 aliphatic rings. The maximum absolute atomic E-state index is 11.9. The zero-order chi connectivity index (χ0) is 13.0. The fraction of sp³-hybridized carbons (Fsp3) is 0.615. The Balaban J connectivity index is 1.88. The number of hydrogen-bond acceptors (Lipinski definition) is 4. The molecule has 2 atom stereocenters. The second-order valence-corrected chi connectivity index (χ2v) is 4.89. The Kier molecular flexibility index (Phi) is 4.38. The van der Waals surface area contributed by atoms with Crippen molar-refractivity contribution < 1.29 is 9.21 Å². The highest BCUT2D eigenvalue weighted by Gasteiger charge is 2.24. The summed E-state index contributed by atoms with van der Waals surface area (Å²) >= 11 is 0. The molecule has 0 spiro atoms. The molecule has 0 radical (unpaired) electrons. The molecule has 0 aromatic carbocycles. The highest BCUT2D eigenvalue weighted by molar-refractivity contribution is 5.82. The molecule has 2 rings (SSSR count). The topological polar surface area (TPSA) is 57.5 Å². The summed E-state index contributed by atoms with van der Waals surface area (Å²) in [6.45, 7) is 1.50. The van der Waals surface area contributed by atoms with Gasteiger partial charge in [-0.05, 0) is 45.6 Å². The summed E-state index contributed by atoms with van der Waals surface area (Å²) in [7, 11) is 3.96. The Morgan fingerprint density at radius 3 is 3.06 bits per heavy atom. The highest BCUT2D eigenvalue weighted by atomic mass is 16.3. The van der Waals surface area contributed by atoms with Gasteiger partial charge in [-0.3, -0.25) is 9.69 Å². The SMILES string of the molecule is CN(C)C(CNC(=O)C1CCCN1)c1ccco1. The minimum atomic E-state index is -0.0237. The van der Waals surface area contributed by atoms with Crippen LogP contribution in [0.3, 0.4) is 0 Å². The van der Waals surface area contributed by atoms with E-state index in [1.807, 2.05) is 31.1 Å². The molecule has 18 heavy (non-hydrogen) atoms. The third-order valence-corrected chi connectivity index (χ3v) is 3.34. The molecule has 2 heterocycles. The van der Waals surface area contributed by atoms with Gasteiger partial charge in [0.2, 0.25) is 5.91 Å². The molecule has 1 aromatic heterocycles. The molecule has 1 aliphatic heterocycles. The lowest BCUT2D eigenvalue weighted by Gasteiger charge is -2.23. The summed E-state index contributed by atoms with van der Waals surface area (Å²) < 4.78 is 5.41. The molecule has 5 heteroatoms. The summed E-state index contributed by atoms with van der Waals surface area (Å²) in [6.07, 6.45) is 3.67. The highest BCUT2D eigenvalue weighted by Crippen LogP contribution is 2.17. The molecule has 1 fully saturated rings. The van der Waals surface area contributed by atoms with Crippen molar-refractivity contribution in [3.63, 3.8) is 0 Å². The Morgan fingerprint density at radius 1 is 1.67 bits per heavy atom. The van der Waals surface area contributed by atoms with Crippen molar-refractivity contribution in [3.05, 3.63) is 24.2 Å². The van der Waals surface area contributed by atoms with E-state index in [4.69, 9.17) is 4.42 Å². The van der Waals surface area contributed by atoms with Crippen LogP contribution in [0.2, 0.25) is 0 Å². The predicted octanol–water partition coefficient (Wildman–Crippen LogP) is 0.750. The second-order valence-electron chi connectivity index (χ2n) is 4.89. The monoisotopic (exact) mass is 251 g/mol. The van der Waals surface area contributed by atoms with Gasteiger partial charge < -0.3 is 15.1 Å². The van der Waals surface area contributed by atoms with E-state index in [1.165, 1.54) is 0 Å². The minimum absolute atomic E-state index is 0.0237. The molecule has 5 nitrogen and oxygen atoms in total. The van der Waals surface area contributed by atoms with Gasteiger partial charge >= 0.3 is 0 Å². The first-order valence-electron chi connectivity index (χ1n) is 6.39. The second kappa shape index (κ2) is 6.02. The van der Waals surface area contributed by atoms with Crippen LogP contribution in [0.25, 0.3) is 0 Å². The zero-order valence-electron chi connectivity index (χ0n) is 11.0. The summed E-state index contributed by atoms with van der Waals surface area (Å²) in [6, 6.07) is 3.85. The van der Waals surface area contributed by atoms with Gasteiger partial charge in [-0.25, -0.2) is 0 Å². The van der Waals surface area contributed by atoms with Crippen molar-refractivity contribution >= 4 is 5.91 Å². The third kappa shape index (κ3) is 3.11. The van der Waals surface area contributed by atoms with E-state index < -0.39 is 0 Å². The summed E-state index contributed by atoms with van der Waals surface area (Å²) in [5, 5.41) is 6.19. The van der Waals surface area contributed by atoms with Crippen LogP contribution in [-0.4, -0.2) is 44.0 Å². The molecular weight excluding hydrogens is 230 g/mol. The van der Waals surface area contributed by atoms with Crippen LogP contribution in [0.5, 0.6) is 0 Å². The summed E-state index contributed by atoms with van der Waals surface area (Å²) in [5.74, 6) is 0.964. The zero-order valence-corrected chi connectivity index (χ0v) is 11.0. The van der Waals surface area contributed by atoms with Gasteiger partial charge in [0.05, 0.1) is 18.3 Å². The number of hydrogen-bond donors (Lipinski definition) is 2. The molecular formula is C13H21N3O2. The largest absolute Gasteiger partial charge is 0.468 e. The van der Waals surface area contributed by atoms with Gasteiger partial charge in [0.1, 0.15) is 5.76 Å². The van der Waals surface area contributed by atoms with Gasteiger partial charge in [-0.1, -0.05) is 0 Å². The lowest BCUT2D eigenvalue weighted by Crippen LogP contribution is -2.43. The van der Waals surface area contributed by atoms with Crippen molar-refractivity contribution in [2.45, 2.75) is 24.9 Å². The number of furan rings is 1. The van der Waals surface area contributed by atoms with Gasteiger partial charge in [-0.15, -0.1) is 0 Å². The molecule has 2 unspecified atom stereocenters. The maximum Gasteiger partial charge on any atom is 0.237 e. The van der Waals surface area contributed by atoms with Crippen LogP contribution < -0.4 is 10.6 Å². The van der Waals surface area contributed by atoms with Crippen molar-refractivity contribution in [1.29, 1.82) is 0 Å². The third-order valence-electron chi connectivity index (χ3n) is 3.34. The number of carbonyl (C=O) groups excluding carboxylic acids is 1. The number of likely N-dealkylation sites (N-methyl/N-ethyl adjacent to an activating group) is 1. The first kappa shape index (κ1) is 13.1. The smallest absolute Gasteiger partial charge is 0.237 e. The average molecular weight is 251 g/mol. The van der Waals surface area contributed by atoms with Crippen LogP contribution in [-0.2, 0) is 4.79 Å². The van der Waals surface area contributed by atoms with E-state index in [2.05, 4.69) is 10.6 Å². The number of nitrogens with one attached hydrogen (secondary N) is 2. The van der Waals surface area contributed by atoms with Gasteiger partial charge in [0, 0.05) is 6.54 Å². The molecule has 0 aliphatic carbocycles. The first-order valence-corrected chi connectivity index (χ1v) is 6.39. The Hall–Kier alpha value is -1.33. The number of amides is 1. The minimum Gasteiger partial charge on any atom is -0.468 e. The van der Waals surface area contributed by atoms with Gasteiger partial charge in [-0.2, -0.15) is 0 Å². The summed E-state index contributed by atoms with van der Waals surface area (Å²) in [4.78, 5) is 14.0. The van der Waals surface area contributed by atoms with E-state index in [9.17, 15) is 4.79 Å². The number of nitrogens with zero attached hydrogens (tertiary/aromatic N) is 1. The molecule has 2 N–H and O–H groups in total. The fourth-order valence-corrected chi connectivity index (χ4v) is 2.25. The number of carbonyl (C=O) groups is 1. The molecule has 0 bridgehead atoms. The van der Waals surface area contributed by atoms with Crippen LogP contribution >= 0.6 is 0 Å². The van der Waals surface area contributed by atoms with Crippen molar-refractivity contribution in [2.24, 2.45) is 0 Å². The standard InChI is InChI=1S/C13H21N3O2/c1-16(2)11(12-6-4-8-18-12)9-15-13(17)10-5-3-7-14-10/h4,6,8,10-11,14H,3,5,7,9H2,1-2H3,(H,15,17). The molecule has 1 amide bonds. The Bertz CT molecular complexity index is 370. The summed E-state index contributed by atoms with van der Waals surface area (Å²) in [5.41, 5.74) is 0. The van der Waals surface area contributed by atoms with E-state index in [-0.39, 0.29) is 18.0 Å². The first-order chi connectivity index (χ1) is 8.68. The van der Waals surface area contributed by atoms with Gasteiger partial charge in [0.15, 0.2) is 0 Å². The number of rotatable bonds is 5. The van der Waals surface area contributed by atoms with E-state index in [0.29, 0.717) is 6.54 Å². The average Bonchev–Trinajstić information content (AvgIpc) is 3.01. The van der Waals surface area contributed by atoms with Gasteiger partial charge in [0.25, 0.3) is 0 Å². The lowest BCUT2D eigenvalue weighted by atomic mass is 10.2. The van der Waals surface area contributed by atoms with E-state index in [1.54, 1.807) is 6.26 Å². The Morgan fingerprint density at radius 2 is 2.50 bits per heavy atom. The van der Waals surface area contributed by atoms with Crippen LogP contribution in [0.15, 0.2) is 22.8 Å². The van der Waals surface area contributed by atoms with Crippen molar-refractivity contribution in [1.82, 2.24) is 15.5 Å². The van der Waals surface area contributed by atoms with E-state index >= 15 is 0 Å². The molecule has 100 valence electrons. The Labute approximate surface area is 108 Å². The van der Waals surface area contributed by atoms with Crippen LogP contribution in [0.4, 0.5) is 0 Å². The van der Waals surface area contributed by atoms with Crippen LogP contribution in [0.1, 0.15) is 24.6 Å².